The molecule has 0 aromatic carbocycles. The number of terminal acetylenes is 1. The Labute approximate surface area is 78.8 Å². The van der Waals surface area contributed by atoms with Crippen LogP contribution in [-0.2, 0) is 0 Å². The normalized spacial score (nSPS) is 30.0. The first-order chi connectivity index (χ1) is 5.10. The molecule has 3 nitrogen and oxygen atoms in total. The molecule has 1 fully saturated rings. The number of amides is 1. The fourth-order valence-corrected chi connectivity index (χ4v) is 2.52. The number of likely N-dealkylation sites (tertiary alicyclic amines) is 1. The summed E-state index contributed by atoms with van der Waals surface area (Å²) in [5, 5.41) is 8.73. The molecule has 58 valence electrons. The van der Waals surface area contributed by atoms with E-state index >= 15 is 0 Å². The Kier molecular flexibility index (Phi) is 2.33. The summed E-state index contributed by atoms with van der Waals surface area (Å²) < 4.78 is -0.434. The maximum absolute atomic E-state index is 10.6. The number of carboxylic acid groups (broad SMARTS) is 1. The van der Waals surface area contributed by atoms with Crippen molar-refractivity contribution in [2.75, 3.05) is 6.54 Å². The van der Waals surface area contributed by atoms with E-state index < -0.39 is 9.65 Å². The second-order valence-corrected chi connectivity index (χ2v) is 5.33. The Bertz CT molecular complexity index is 223. The first-order valence-electron chi connectivity index (χ1n) is 3.37. The van der Waals surface area contributed by atoms with Crippen LogP contribution in [0.5, 0.6) is 0 Å². The van der Waals surface area contributed by atoms with Gasteiger partial charge in [0.15, 0.2) is 0 Å². The van der Waals surface area contributed by atoms with Gasteiger partial charge in [0.1, 0.15) is 0 Å². The molecule has 0 aliphatic carbocycles. The fraction of sp³-hybridized carbons (Fsp3) is 0.571. The van der Waals surface area contributed by atoms with Crippen molar-refractivity contribution in [1.29, 1.82) is 0 Å². The molecule has 1 aliphatic heterocycles. The zero-order valence-corrected chi connectivity index (χ0v) is 9.37. The molecule has 1 saturated heterocycles. The van der Waals surface area contributed by atoms with Gasteiger partial charge in [-0.15, -0.1) is 0 Å². The maximum atomic E-state index is 10.6. The summed E-state index contributed by atoms with van der Waals surface area (Å²) in [5.74, 6) is 2.57. The summed E-state index contributed by atoms with van der Waals surface area (Å²) in [6, 6.07) is 0. The molecule has 1 aliphatic rings. The molecule has 0 aromatic heterocycles. The van der Waals surface area contributed by atoms with E-state index in [2.05, 4.69) is 5.92 Å². The molecule has 0 aromatic rings. The minimum absolute atomic E-state index is 0.434. The van der Waals surface area contributed by atoms with Gasteiger partial charge < -0.3 is 0 Å². The minimum atomic E-state index is -0.881. The van der Waals surface area contributed by atoms with Crippen LogP contribution in [0.15, 0.2) is 0 Å². The standard InChI is InChI=1S/C7H8NO2.Sn.H/c1-2-6-4-3-5-8(6)7(9)10;;/h1H,3-5H2,(H,9,10);;. The molecule has 1 rings (SSSR count). The van der Waals surface area contributed by atoms with Crippen molar-refractivity contribution in [2.45, 2.75) is 16.4 Å². The van der Waals surface area contributed by atoms with Crippen LogP contribution in [0.25, 0.3) is 0 Å². The molecule has 1 heterocycles. The van der Waals surface area contributed by atoms with E-state index in [9.17, 15) is 4.79 Å². The summed E-state index contributed by atoms with van der Waals surface area (Å²) in [5.41, 5.74) is 0. The third kappa shape index (κ3) is 1.45. The number of rotatable bonds is 0. The summed E-state index contributed by atoms with van der Waals surface area (Å²) in [7, 11) is 0. The van der Waals surface area contributed by atoms with Crippen LogP contribution in [0.4, 0.5) is 4.79 Å². The number of hydrogen-bond acceptors (Lipinski definition) is 1. The Hall–Kier alpha value is -0.371. The van der Waals surface area contributed by atoms with E-state index in [1.54, 1.807) is 0 Å². The van der Waals surface area contributed by atoms with E-state index in [0.29, 0.717) is 6.54 Å². The van der Waals surface area contributed by atoms with Crippen molar-refractivity contribution in [2.24, 2.45) is 0 Å². The topological polar surface area (TPSA) is 40.5 Å². The van der Waals surface area contributed by atoms with E-state index in [0.717, 1.165) is 35.4 Å². The molecular formula is C7H9NO2Sn. The second kappa shape index (κ2) is 2.94. The summed E-state index contributed by atoms with van der Waals surface area (Å²) in [6.07, 6.45) is 6.12. The Balaban J connectivity index is 2.82. The monoisotopic (exact) mass is 259 g/mol. The van der Waals surface area contributed by atoms with Crippen LogP contribution in [0, 0.1) is 12.3 Å². The molecule has 1 atom stereocenters. The van der Waals surface area contributed by atoms with Crippen LogP contribution in [0.1, 0.15) is 12.8 Å². The average Bonchev–Trinajstić information content (AvgIpc) is 2.32. The van der Waals surface area contributed by atoms with Crippen LogP contribution in [0.2, 0.25) is 0 Å². The number of carbonyl (C=O) groups is 1. The van der Waals surface area contributed by atoms with Crippen molar-refractivity contribution in [3.63, 3.8) is 0 Å². The second-order valence-electron chi connectivity index (χ2n) is 2.61. The van der Waals surface area contributed by atoms with Gasteiger partial charge in [-0.05, 0) is 0 Å². The summed E-state index contributed by atoms with van der Waals surface area (Å²) >= 11 is 0.791. The van der Waals surface area contributed by atoms with Crippen molar-refractivity contribution in [1.82, 2.24) is 4.90 Å². The molecule has 1 amide bonds. The van der Waals surface area contributed by atoms with E-state index in [1.165, 1.54) is 4.90 Å². The van der Waals surface area contributed by atoms with Gasteiger partial charge in [-0.25, -0.2) is 0 Å². The SMILES string of the molecule is C#C[C]1([SnH])CCCN1C(=O)O. The first kappa shape index (κ1) is 8.72. The molecule has 0 bridgehead atoms. The Morgan fingerprint density at radius 1 is 1.82 bits per heavy atom. The zero-order valence-electron chi connectivity index (χ0n) is 6.08. The van der Waals surface area contributed by atoms with Gasteiger partial charge in [-0.3, -0.25) is 0 Å². The molecule has 1 N–H and O–H groups in total. The van der Waals surface area contributed by atoms with Crippen LogP contribution in [0.3, 0.4) is 0 Å². The Morgan fingerprint density at radius 3 is 2.82 bits per heavy atom. The average molecular weight is 258 g/mol. The van der Waals surface area contributed by atoms with Crippen LogP contribution in [-0.4, -0.2) is 48.7 Å². The quantitative estimate of drug-likeness (QED) is 0.490. The van der Waals surface area contributed by atoms with E-state index in [1.807, 2.05) is 0 Å². The number of nitrogens with zero attached hydrogens (tertiary/aromatic N) is 1. The summed E-state index contributed by atoms with van der Waals surface area (Å²) in [6.45, 7) is 0.598. The molecule has 11 heavy (non-hydrogen) atoms. The Morgan fingerprint density at radius 2 is 2.45 bits per heavy atom. The van der Waals surface area contributed by atoms with E-state index in [-0.39, 0.29) is 0 Å². The van der Waals surface area contributed by atoms with Gasteiger partial charge in [0.25, 0.3) is 0 Å². The van der Waals surface area contributed by atoms with E-state index in [4.69, 9.17) is 11.5 Å². The van der Waals surface area contributed by atoms with Gasteiger partial charge in [-0.1, -0.05) is 0 Å². The molecule has 0 saturated carbocycles. The van der Waals surface area contributed by atoms with Gasteiger partial charge in [0.2, 0.25) is 0 Å². The third-order valence-electron chi connectivity index (χ3n) is 1.90. The third-order valence-corrected chi connectivity index (χ3v) is 4.09. The van der Waals surface area contributed by atoms with Crippen LogP contribution < -0.4 is 0 Å². The van der Waals surface area contributed by atoms with Crippen molar-refractivity contribution < 1.29 is 9.90 Å². The molecule has 0 spiro atoms. The summed E-state index contributed by atoms with van der Waals surface area (Å²) in [4.78, 5) is 12.0. The predicted octanol–water partition coefficient (Wildman–Crippen LogP) is -0.00950. The predicted molar refractivity (Wildman–Crippen MR) is 42.7 cm³/mol. The van der Waals surface area contributed by atoms with Gasteiger partial charge in [0.05, 0.1) is 0 Å². The molecule has 2 radical (unpaired) electrons. The van der Waals surface area contributed by atoms with Gasteiger partial charge in [-0.2, -0.15) is 0 Å². The van der Waals surface area contributed by atoms with Gasteiger partial charge >= 0.3 is 78.7 Å². The van der Waals surface area contributed by atoms with Crippen molar-refractivity contribution in [3.8, 4) is 12.3 Å². The molecular weight excluding hydrogens is 249 g/mol. The first-order valence-corrected chi connectivity index (χ1v) is 5.02. The van der Waals surface area contributed by atoms with Crippen molar-refractivity contribution >= 4 is 28.6 Å². The zero-order chi connectivity index (χ0) is 8.48. The molecule has 4 heteroatoms. The molecule has 1 unspecified atom stereocenters. The van der Waals surface area contributed by atoms with Gasteiger partial charge in [0, 0.05) is 0 Å². The van der Waals surface area contributed by atoms with Crippen LogP contribution >= 0.6 is 0 Å². The van der Waals surface area contributed by atoms with Crippen molar-refractivity contribution in [3.05, 3.63) is 0 Å². The number of hydrogen-bond donors (Lipinski definition) is 1. The fourth-order valence-electron chi connectivity index (χ4n) is 1.26.